The standard InChI is InChI=1S/C20H20Cl2FN5O2S2.ClH/c1-12-9-28(5-4-24-12)18-6-13(21)2-3-16(18)26-17-8-15(23)19(7-14(17)22)32(29,30)27-20-10-31-11-25-20;/h2-3,6-8,10-12,24,26-27H,4-5,9H2,1H3;1H. The minimum Gasteiger partial charge on any atom is -0.367 e. The first-order valence-electron chi connectivity index (χ1n) is 9.68. The van der Waals surface area contributed by atoms with Gasteiger partial charge in [-0.3, -0.25) is 4.72 Å². The van der Waals surface area contributed by atoms with Crippen LogP contribution in [0.5, 0.6) is 0 Å². The van der Waals surface area contributed by atoms with Crippen molar-refractivity contribution in [1.29, 1.82) is 0 Å². The minimum absolute atomic E-state index is 0. The summed E-state index contributed by atoms with van der Waals surface area (Å²) in [6, 6.07) is 7.79. The molecule has 3 N–H and O–H groups in total. The first-order valence-corrected chi connectivity index (χ1v) is 12.9. The van der Waals surface area contributed by atoms with Gasteiger partial charge < -0.3 is 15.5 Å². The summed E-state index contributed by atoms with van der Waals surface area (Å²) in [4.78, 5) is 5.47. The molecule has 178 valence electrons. The Kier molecular flexibility index (Phi) is 8.31. The number of nitrogens with zero attached hydrogens (tertiary/aromatic N) is 2. The van der Waals surface area contributed by atoms with E-state index in [0.717, 1.165) is 37.5 Å². The summed E-state index contributed by atoms with van der Waals surface area (Å²) < 4.78 is 42.2. The number of benzene rings is 2. The van der Waals surface area contributed by atoms with Crippen LogP contribution >= 0.6 is 46.9 Å². The number of hydrogen-bond acceptors (Lipinski definition) is 7. The van der Waals surface area contributed by atoms with Gasteiger partial charge in [-0.2, -0.15) is 0 Å². The molecule has 4 rings (SSSR count). The maximum Gasteiger partial charge on any atom is 0.266 e. The van der Waals surface area contributed by atoms with Crippen LogP contribution in [0, 0.1) is 5.82 Å². The second kappa shape index (κ2) is 10.6. The highest BCUT2D eigenvalue weighted by Crippen LogP contribution is 2.36. The Hall–Kier alpha value is -1.82. The molecule has 0 bridgehead atoms. The predicted molar refractivity (Wildman–Crippen MR) is 136 cm³/mol. The normalized spacial score (nSPS) is 16.2. The van der Waals surface area contributed by atoms with Crippen molar-refractivity contribution in [2.45, 2.75) is 17.9 Å². The fraction of sp³-hybridized carbons (Fsp3) is 0.250. The number of sulfonamides is 1. The van der Waals surface area contributed by atoms with Crippen molar-refractivity contribution in [3.63, 3.8) is 0 Å². The molecule has 1 fully saturated rings. The van der Waals surface area contributed by atoms with E-state index in [4.69, 9.17) is 23.2 Å². The van der Waals surface area contributed by atoms with Gasteiger partial charge in [0.15, 0.2) is 5.82 Å². The van der Waals surface area contributed by atoms with Crippen LogP contribution < -0.4 is 20.3 Å². The van der Waals surface area contributed by atoms with Crippen LogP contribution in [0.3, 0.4) is 0 Å². The summed E-state index contributed by atoms with van der Waals surface area (Å²) in [5, 5.41) is 8.65. The van der Waals surface area contributed by atoms with Crippen molar-refractivity contribution in [3.8, 4) is 0 Å². The monoisotopic (exact) mass is 551 g/mol. The van der Waals surface area contributed by atoms with E-state index in [1.807, 2.05) is 6.07 Å². The highest BCUT2D eigenvalue weighted by molar-refractivity contribution is 7.92. The average molecular weight is 553 g/mol. The zero-order valence-electron chi connectivity index (χ0n) is 17.3. The molecule has 1 unspecified atom stereocenters. The van der Waals surface area contributed by atoms with Crippen molar-refractivity contribution in [3.05, 3.63) is 57.1 Å². The molecule has 0 amide bonds. The van der Waals surface area contributed by atoms with Crippen LogP contribution in [-0.2, 0) is 10.0 Å². The average Bonchev–Trinajstić information content (AvgIpc) is 3.24. The first-order chi connectivity index (χ1) is 15.2. The molecular weight excluding hydrogens is 532 g/mol. The molecule has 0 spiro atoms. The Morgan fingerprint density at radius 2 is 2.03 bits per heavy atom. The number of aromatic nitrogens is 1. The van der Waals surface area contributed by atoms with E-state index in [1.165, 1.54) is 22.2 Å². The highest BCUT2D eigenvalue weighted by atomic mass is 35.5. The molecule has 1 aliphatic heterocycles. The molecule has 1 atom stereocenters. The van der Waals surface area contributed by atoms with E-state index in [0.29, 0.717) is 16.8 Å². The van der Waals surface area contributed by atoms with Crippen LogP contribution in [0.25, 0.3) is 0 Å². The number of hydrogen-bond donors (Lipinski definition) is 3. The van der Waals surface area contributed by atoms with Crippen LogP contribution in [0.15, 0.2) is 46.1 Å². The van der Waals surface area contributed by atoms with E-state index in [2.05, 4.69) is 32.2 Å². The van der Waals surface area contributed by atoms with Crippen LogP contribution in [0.1, 0.15) is 6.92 Å². The lowest BCUT2D eigenvalue weighted by Crippen LogP contribution is -2.49. The summed E-state index contributed by atoms with van der Waals surface area (Å²) in [7, 11) is -4.19. The second-order valence-corrected chi connectivity index (χ2v) is 10.5. The Bertz CT molecular complexity index is 1230. The maximum atomic E-state index is 14.9. The van der Waals surface area contributed by atoms with Gasteiger partial charge in [0.05, 0.1) is 27.6 Å². The van der Waals surface area contributed by atoms with Crippen molar-refractivity contribution < 1.29 is 12.8 Å². The number of halogens is 4. The summed E-state index contributed by atoms with van der Waals surface area (Å²) in [5.74, 6) is -0.824. The first kappa shape index (κ1) is 25.8. The summed E-state index contributed by atoms with van der Waals surface area (Å²) in [6.45, 7) is 4.47. The third-order valence-electron chi connectivity index (χ3n) is 4.92. The number of rotatable bonds is 6. The molecule has 2 heterocycles. The van der Waals surface area contributed by atoms with Gasteiger partial charge in [0.25, 0.3) is 10.0 Å². The van der Waals surface area contributed by atoms with Crippen molar-refractivity contribution in [2.75, 3.05) is 34.6 Å². The van der Waals surface area contributed by atoms with E-state index >= 15 is 0 Å². The Morgan fingerprint density at radius 3 is 2.73 bits per heavy atom. The smallest absolute Gasteiger partial charge is 0.266 e. The van der Waals surface area contributed by atoms with Crippen molar-refractivity contribution in [1.82, 2.24) is 10.3 Å². The lowest BCUT2D eigenvalue weighted by atomic mass is 10.1. The van der Waals surface area contributed by atoms with E-state index in [9.17, 15) is 12.8 Å². The van der Waals surface area contributed by atoms with Crippen LogP contribution in [0.4, 0.5) is 27.3 Å². The van der Waals surface area contributed by atoms with Gasteiger partial charge in [-0.15, -0.1) is 23.7 Å². The molecule has 3 aromatic rings. The second-order valence-electron chi connectivity index (χ2n) is 7.33. The summed E-state index contributed by atoms with van der Waals surface area (Å²) in [5.41, 5.74) is 3.24. The highest BCUT2D eigenvalue weighted by Gasteiger charge is 2.24. The largest absolute Gasteiger partial charge is 0.367 e. The van der Waals surface area contributed by atoms with Crippen LogP contribution in [0.2, 0.25) is 10.0 Å². The van der Waals surface area contributed by atoms with Crippen molar-refractivity contribution >= 4 is 79.8 Å². The lowest BCUT2D eigenvalue weighted by molar-refractivity contribution is 0.485. The number of anilines is 4. The van der Waals surface area contributed by atoms with Gasteiger partial charge in [-0.25, -0.2) is 17.8 Å². The van der Waals surface area contributed by atoms with Gasteiger partial charge in [-0.1, -0.05) is 23.2 Å². The van der Waals surface area contributed by atoms with Gasteiger partial charge in [0.2, 0.25) is 0 Å². The van der Waals surface area contributed by atoms with E-state index in [1.54, 1.807) is 12.1 Å². The molecule has 0 aliphatic carbocycles. The van der Waals surface area contributed by atoms with Gasteiger partial charge in [0, 0.05) is 42.1 Å². The van der Waals surface area contributed by atoms with Crippen molar-refractivity contribution in [2.24, 2.45) is 0 Å². The topological polar surface area (TPSA) is 86.4 Å². The number of nitrogens with one attached hydrogen (secondary N) is 3. The molecule has 0 radical (unpaired) electrons. The summed E-state index contributed by atoms with van der Waals surface area (Å²) >= 11 is 13.8. The molecule has 1 aliphatic rings. The molecule has 0 saturated carbocycles. The molecule has 1 saturated heterocycles. The molecular formula is C20H21Cl3FN5O2S2. The lowest BCUT2D eigenvalue weighted by Gasteiger charge is -2.35. The molecule has 13 heteroatoms. The minimum atomic E-state index is -4.19. The Labute approximate surface area is 211 Å². The quantitative estimate of drug-likeness (QED) is 0.382. The number of thiazole rings is 1. The fourth-order valence-corrected chi connectivity index (χ4v) is 5.54. The van der Waals surface area contributed by atoms with E-state index < -0.39 is 20.7 Å². The Morgan fingerprint density at radius 1 is 1.24 bits per heavy atom. The third-order valence-corrected chi connectivity index (χ3v) is 7.42. The molecule has 1 aromatic heterocycles. The van der Waals surface area contributed by atoms with E-state index in [-0.39, 0.29) is 28.9 Å². The summed E-state index contributed by atoms with van der Waals surface area (Å²) in [6.07, 6.45) is 0. The molecule has 7 nitrogen and oxygen atoms in total. The molecule has 33 heavy (non-hydrogen) atoms. The SMILES string of the molecule is CC1CN(c2cc(Cl)ccc2Nc2cc(F)c(S(=O)(=O)Nc3cscn3)cc2Cl)CCN1.Cl. The Balaban J connectivity index is 0.00000306. The maximum absolute atomic E-state index is 14.9. The number of piperazine rings is 1. The van der Waals surface area contributed by atoms with Gasteiger partial charge in [0.1, 0.15) is 10.7 Å². The van der Waals surface area contributed by atoms with Gasteiger partial charge >= 0.3 is 0 Å². The zero-order chi connectivity index (χ0) is 22.9. The third kappa shape index (κ3) is 6.00. The van der Waals surface area contributed by atoms with Gasteiger partial charge in [-0.05, 0) is 31.2 Å². The zero-order valence-corrected chi connectivity index (χ0v) is 21.3. The van der Waals surface area contributed by atoms with Crippen LogP contribution in [-0.4, -0.2) is 39.1 Å². The molecule has 2 aromatic carbocycles. The fourth-order valence-electron chi connectivity index (χ4n) is 3.45. The predicted octanol–water partition coefficient (Wildman–Crippen LogP) is 5.35.